The smallest absolute Gasteiger partial charge is 0.291 e. The largest absolute Gasteiger partial charge is 0.459 e. The Morgan fingerprint density at radius 2 is 1.63 bits per heavy atom. The van der Waals surface area contributed by atoms with Crippen LogP contribution in [-0.2, 0) is 4.79 Å². The maximum absolute atomic E-state index is 12.2. The van der Waals surface area contributed by atoms with E-state index in [-0.39, 0.29) is 17.6 Å². The fourth-order valence-electron chi connectivity index (χ4n) is 2.57. The topological polar surface area (TPSA) is 71.3 Å². The number of para-hydroxylation sites is 1. The molecule has 0 spiro atoms. The molecule has 2 amide bonds. The molecule has 0 atom stereocenters. The van der Waals surface area contributed by atoms with Crippen LogP contribution >= 0.6 is 11.8 Å². The Balaban J connectivity index is 1.52. The van der Waals surface area contributed by atoms with Gasteiger partial charge in [0.1, 0.15) is 0 Å². The van der Waals surface area contributed by atoms with E-state index < -0.39 is 0 Å². The highest BCUT2D eigenvalue weighted by Gasteiger charge is 2.10. The van der Waals surface area contributed by atoms with Crippen molar-refractivity contribution in [2.45, 2.75) is 18.7 Å². The van der Waals surface area contributed by atoms with Gasteiger partial charge in [-0.2, -0.15) is 0 Å². The van der Waals surface area contributed by atoms with E-state index in [1.807, 2.05) is 44.2 Å². The summed E-state index contributed by atoms with van der Waals surface area (Å²) < 4.78 is 5.06. The van der Waals surface area contributed by atoms with Crippen molar-refractivity contribution in [2.24, 2.45) is 0 Å². The Kier molecular flexibility index (Phi) is 5.98. The molecule has 0 saturated carbocycles. The summed E-state index contributed by atoms with van der Waals surface area (Å²) >= 11 is 1.44. The third-order valence-electron chi connectivity index (χ3n) is 3.97. The van der Waals surface area contributed by atoms with Crippen LogP contribution in [0.2, 0.25) is 0 Å². The molecule has 27 heavy (non-hydrogen) atoms. The lowest BCUT2D eigenvalue weighted by Gasteiger charge is -2.11. The lowest BCUT2D eigenvalue weighted by Crippen LogP contribution is -2.15. The van der Waals surface area contributed by atoms with Gasteiger partial charge in [0.05, 0.1) is 12.0 Å². The second kappa shape index (κ2) is 8.60. The third-order valence-corrected chi connectivity index (χ3v) is 4.98. The van der Waals surface area contributed by atoms with E-state index in [0.29, 0.717) is 11.4 Å². The summed E-state index contributed by atoms with van der Waals surface area (Å²) in [4.78, 5) is 25.1. The average Bonchev–Trinajstić information content (AvgIpc) is 3.19. The molecule has 0 unspecified atom stereocenters. The molecule has 1 aromatic heterocycles. The number of nitrogens with one attached hydrogen (secondary N) is 2. The van der Waals surface area contributed by atoms with Crippen LogP contribution < -0.4 is 10.6 Å². The fraction of sp³-hybridized carbons (Fsp3) is 0.143. The number of benzene rings is 2. The molecular weight excluding hydrogens is 360 g/mol. The van der Waals surface area contributed by atoms with Gasteiger partial charge < -0.3 is 15.1 Å². The van der Waals surface area contributed by atoms with Crippen LogP contribution in [0.5, 0.6) is 0 Å². The first-order valence-corrected chi connectivity index (χ1v) is 9.45. The van der Waals surface area contributed by atoms with Crippen LogP contribution in [0.25, 0.3) is 0 Å². The number of hydrogen-bond donors (Lipinski definition) is 2. The number of carbonyl (C=O) groups excluding carboxylic acids is 2. The number of amides is 2. The van der Waals surface area contributed by atoms with E-state index in [1.54, 1.807) is 24.3 Å². The molecule has 2 aromatic carbocycles. The van der Waals surface area contributed by atoms with Crippen molar-refractivity contribution in [3.63, 3.8) is 0 Å². The zero-order chi connectivity index (χ0) is 19.2. The molecule has 138 valence electrons. The molecule has 6 heteroatoms. The van der Waals surface area contributed by atoms with Crippen LogP contribution in [0, 0.1) is 13.8 Å². The summed E-state index contributed by atoms with van der Waals surface area (Å²) in [5, 5.41) is 5.73. The second-order valence-corrected chi connectivity index (χ2v) is 7.11. The van der Waals surface area contributed by atoms with Crippen molar-refractivity contribution in [1.29, 1.82) is 0 Å². The van der Waals surface area contributed by atoms with E-state index in [2.05, 4.69) is 10.6 Å². The summed E-state index contributed by atoms with van der Waals surface area (Å²) in [6.45, 7) is 3.96. The third kappa shape index (κ3) is 5.01. The van der Waals surface area contributed by atoms with Gasteiger partial charge in [-0.05, 0) is 61.4 Å². The van der Waals surface area contributed by atoms with Crippen LogP contribution in [0.3, 0.4) is 0 Å². The van der Waals surface area contributed by atoms with Crippen LogP contribution in [0.1, 0.15) is 21.7 Å². The maximum Gasteiger partial charge on any atom is 0.291 e. The van der Waals surface area contributed by atoms with Crippen molar-refractivity contribution in [3.8, 4) is 0 Å². The minimum atomic E-state index is -0.298. The average molecular weight is 380 g/mol. The Bertz CT molecular complexity index is 914. The predicted molar refractivity (Wildman–Crippen MR) is 108 cm³/mol. The molecule has 0 fully saturated rings. The van der Waals surface area contributed by atoms with Crippen molar-refractivity contribution >= 4 is 35.0 Å². The lowest BCUT2D eigenvalue weighted by molar-refractivity contribution is -0.113. The zero-order valence-electron chi connectivity index (χ0n) is 15.1. The van der Waals surface area contributed by atoms with E-state index in [1.165, 1.54) is 18.0 Å². The molecule has 3 aromatic rings. The molecule has 3 rings (SSSR count). The minimum absolute atomic E-state index is 0.0485. The Hall–Kier alpha value is -2.99. The van der Waals surface area contributed by atoms with E-state index in [9.17, 15) is 9.59 Å². The summed E-state index contributed by atoms with van der Waals surface area (Å²) in [7, 11) is 0. The Morgan fingerprint density at radius 1 is 0.926 bits per heavy atom. The summed E-state index contributed by atoms with van der Waals surface area (Å²) in [5.41, 5.74) is 3.63. The molecular formula is C21H20N2O3S. The molecule has 0 aliphatic carbocycles. The molecule has 0 saturated heterocycles. The monoisotopic (exact) mass is 380 g/mol. The van der Waals surface area contributed by atoms with Gasteiger partial charge in [-0.25, -0.2) is 0 Å². The van der Waals surface area contributed by atoms with Gasteiger partial charge in [0.2, 0.25) is 5.91 Å². The Labute approximate surface area is 162 Å². The SMILES string of the molecule is Cc1cccc(C)c1NC(=O)CSc1ccc(NC(=O)c2ccco2)cc1. The summed E-state index contributed by atoms with van der Waals surface area (Å²) in [5.74, 6) is 0.226. The normalized spacial score (nSPS) is 10.4. The number of carbonyl (C=O) groups is 2. The number of rotatable bonds is 6. The molecule has 5 nitrogen and oxygen atoms in total. The van der Waals surface area contributed by atoms with Gasteiger partial charge in [0.15, 0.2) is 5.76 Å². The number of furan rings is 1. The number of anilines is 2. The number of thioether (sulfide) groups is 1. The maximum atomic E-state index is 12.2. The molecule has 1 heterocycles. The van der Waals surface area contributed by atoms with E-state index in [0.717, 1.165) is 21.7 Å². The van der Waals surface area contributed by atoms with Crippen LogP contribution in [0.4, 0.5) is 11.4 Å². The highest BCUT2D eigenvalue weighted by molar-refractivity contribution is 8.00. The van der Waals surface area contributed by atoms with E-state index in [4.69, 9.17) is 4.42 Å². The van der Waals surface area contributed by atoms with Gasteiger partial charge in [0, 0.05) is 16.3 Å². The fourth-order valence-corrected chi connectivity index (χ4v) is 3.27. The van der Waals surface area contributed by atoms with E-state index >= 15 is 0 Å². The Morgan fingerprint density at radius 3 is 2.26 bits per heavy atom. The standard InChI is InChI=1S/C21H20N2O3S/c1-14-5-3-6-15(2)20(14)23-19(24)13-27-17-10-8-16(9-11-17)22-21(25)18-7-4-12-26-18/h3-12H,13H2,1-2H3,(H,22,25)(H,23,24). The van der Waals surface area contributed by atoms with Crippen LogP contribution in [0.15, 0.2) is 70.2 Å². The second-order valence-electron chi connectivity index (χ2n) is 6.06. The van der Waals surface area contributed by atoms with Crippen LogP contribution in [-0.4, -0.2) is 17.6 Å². The first kappa shape index (κ1) is 18.8. The lowest BCUT2D eigenvalue weighted by atomic mass is 10.1. The predicted octanol–water partition coefficient (Wildman–Crippen LogP) is 4.88. The van der Waals surface area contributed by atoms with Crippen molar-refractivity contribution < 1.29 is 14.0 Å². The first-order chi connectivity index (χ1) is 13.0. The molecule has 0 aliphatic heterocycles. The first-order valence-electron chi connectivity index (χ1n) is 8.47. The number of aryl methyl sites for hydroxylation is 2. The van der Waals surface area contributed by atoms with Gasteiger partial charge in [-0.1, -0.05) is 18.2 Å². The molecule has 0 radical (unpaired) electrons. The highest BCUT2D eigenvalue weighted by Crippen LogP contribution is 2.23. The minimum Gasteiger partial charge on any atom is -0.459 e. The van der Waals surface area contributed by atoms with Gasteiger partial charge in [-0.3, -0.25) is 9.59 Å². The van der Waals surface area contributed by atoms with Gasteiger partial charge >= 0.3 is 0 Å². The number of hydrogen-bond acceptors (Lipinski definition) is 4. The highest BCUT2D eigenvalue weighted by atomic mass is 32.2. The van der Waals surface area contributed by atoms with Crippen molar-refractivity contribution in [2.75, 3.05) is 16.4 Å². The summed E-state index contributed by atoms with van der Waals surface area (Å²) in [6, 6.07) is 16.5. The van der Waals surface area contributed by atoms with Crippen molar-refractivity contribution in [1.82, 2.24) is 0 Å². The molecule has 2 N–H and O–H groups in total. The van der Waals surface area contributed by atoms with Crippen molar-refractivity contribution in [3.05, 3.63) is 77.7 Å². The quantitative estimate of drug-likeness (QED) is 0.598. The molecule has 0 aliphatic rings. The zero-order valence-corrected chi connectivity index (χ0v) is 15.9. The summed E-state index contributed by atoms with van der Waals surface area (Å²) in [6.07, 6.45) is 1.46. The molecule has 0 bridgehead atoms. The van der Waals surface area contributed by atoms with Gasteiger partial charge in [0.25, 0.3) is 5.91 Å². The van der Waals surface area contributed by atoms with Gasteiger partial charge in [-0.15, -0.1) is 11.8 Å².